The monoisotopic (exact) mass is 344 g/mol. The lowest BCUT2D eigenvalue weighted by molar-refractivity contribution is -0.893. The van der Waals surface area contributed by atoms with Gasteiger partial charge in [-0.3, -0.25) is 0 Å². The minimum Gasteiger partial charge on any atom is -0.391 e. The van der Waals surface area contributed by atoms with Crippen LogP contribution in [0.4, 0.5) is 4.39 Å². The zero-order chi connectivity index (χ0) is 18.1. The first-order valence-electron chi connectivity index (χ1n) is 8.19. The second kappa shape index (κ2) is 9.30. The molecule has 0 saturated heterocycles. The fourth-order valence-electron chi connectivity index (χ4n) is 2.62. The second-order valence-corrected chi connectivity index (χ2v) is 5.76. The molecule has 25 heavy (non-hydrogen) atoms. The highest BCUT2D eigenvalue weighted by atomic mass is 19.1. The van der Waals surface area contributed by atoms with Gasteiger partial charge in [0.25, 0.3) is 0 Å². The molecule has 0 amide bonds. The molecule has 2 aromatic rings. The quantitative estimate of drug-likeness (QED) is 0.532. The summed E-state index contributed by atoms with van der Waals surface area (Å²) in [6.07, 6.45) is 0. The first kappa shape index (κ1) is 19.1. The van der Waals surface area contributed by atoms with Gasteiger partial charge < -0.3 is 20.2 Å². The lowest BCUT2D eigenvalue weighted by Crippen LogP contribution is -3.12. The van der Waals surface area contributed by atoms with E-state index in [4.69, 9.17) is 10.2 Å². The van der Waals surface area contributed by atoms with Crippen LogP contribution in [0.3, 0.4) is 0 Å². The molecule has 132 valence electrons. The molecule has 0 radical (unpaired) electrons. The van der Waals surface area contributed by atoms with Crippen molar-refractivity contribution >= 4 is 0 Å². The second-order valence-electron chi connectivity index (χ2n) is 5.76. The van der Waals surface area contributed by atoms with E-state index in [0.29, 0.717) is 30.8 Å². The minimum atomic E-state index is -1.63. The molecular formula is C20H23FNO3+. The van der Waals surface area contributed by atoms with E-state index in [9.17, 15) is 9.50 Å². The number of rotatable bonds is 7. The first-order valence-corrected chi connectivity index (χ1v) is 8.19. The van der Waals surface area contributed by atoms with Crippen LogP contribution in [-0.4, -0.2) is 48.2 Å². The zero-order valence-electron chi connectivity index (χ0n) is 14.0. The van der Waals surface area contributed by atoms with E-state index >= 15 is 0 Å². The van der Waals surface area contributed by atoms with Crippen molar-refractivity contribution in [3.8, 4) is 11.8 Å². The van der Waals surface area contributed by atoms with E-state index < -0.39 is 11.4 Å². The first-order chi connectivity index (χ1) is 12.1. The van der Waals surface area contributed by atoms with Gasteiger partial charge in [0.15, 0.2) is 5.60 Å². The normalized spacial score (nSPS) is 13.2. The minimum absolute atomic E-state index is 0.0101. The Balaban J connectivity index is 2.35. The third-order valence-electron chi connectivity index (χ3n) is 3.97. The summed E-state index contributed by atoms with van der Waals surface area (Å²) in [5, 5.41) is 29.3. The number of benzene rings is 2. The summed E-state index contributed by atoms with van der Waals surface area (Å²) in [6.45, 7) is 1.25. The molecule has 0 saturated carbocycles. The summed E-state index contributed by atoms with van der Waals surface area (Å²) in [5.41, 5.74) is -0.719. The Morgan fingerprint density at radius 1 is 0.920 bits per heavy atom. The van der Waals surface area contributed by atoms with E-state index in [1.54, 1.807) is 30.3 Å². The predicted octanol–water partition coefficient (Wildman–Crippen LogP) is -0.0655. The molecule has 0 aromatic heterocycles. The van der Waals surface area contributed by atoms with Crippen molar-refractivity contribution in [2.75, 3.05) is 32.8 Å². The summed E-state index contributed by atoms with van der Waals surface area (Å²) in [7, 11) is 0. The Morgan fingerprint density at radius 2 is 1.56 bits per heavy atom. The Morgan fingerprint density at radius 3 is 2.16 bits per heavy atom. The Bertz CT molecular complexity index is 720. The van der Waals surface area contributed by atoms with Crippen LogP contribution in [0, 0.1) is 17.7 Å². The van der Waals surface area contributed by atoms with Gasteiger partial charge in [0.2, 0.25) is 0 Å². The Kier molecular flexibility index (Phi) is 7.11. The van der Waals surface area contributed by atoms with Crippen molar-refractivity contribution < 1.29 is 24.6 Å². The summed E-state index contributed by atoms with van der Waals surface area (Å²) >= 11 is 0. The highest BCUT2D eigenvalue weighted by Gasteiger charge is 2.29. The predicted molar refractivity (Wildman–Crippen MR) is 93.4 cm³/mol. The number of aliphatic hydroxyl groups excluding tert-OH is 2. The van der Waals surface area contributed by atoms with E-state index in [2.05, 4.69) is 11.8 Å². The van der Waals surface area contributed by atoms with Gasteiger partial charge >= 0.3 is 0 Å². The number of hydrogen-bond donors (Lipinski definition) is 4. The molecule has 0 aliphatic rings. The lowest BCUT2D eigenvalue weighted by atomic mass is 9.87. The van der Waals surface area contributed by atoms with Gasteiger partial charge in [0.05, 0.1) is 13.2 Å². The van der Waals surface area contributed by atoms with Gasteiger partial charge in [0, 0.05) is 11.1 Å². The van der Waals surface area contributed by atoms with Crippen LogP contribution in [0.5, 0.6) is 0 Å². The van der Waals surface area contributed by atoms with E-state index in [-0.39, 0.29) is 13.2 Å². The van der Waals surface area contributed by atoms with E-state index in [0.717, 1.165) is 4.90 Å². The maximum atomic E-state index is 13.6. The van der Waals surface area contributed by atoms with Crippen LogP contribution in [0.15, 0.2) is 54.6 Å². The molecule has 0 bridgehead atoms. The molecule has 1 unspecified atom stereocenters. The van der Waals surface area contributed by atoms with Crippen LogP contribution >= 0.6 is 0 Å². The highest BCUT2D eigenvalue weighted by molar-refractivity contribution is 5.44. The Labute approximate surface area is 147 Å². The molecule has 2 aromatic carbocycles. The molecule has 5 heteroatoms. The van der Waals surface area contributed by atoms with Crippen molar-refractivity contribution in [3.05, 3.63) is 71.5 Å². The Hall–Kier alpha value is -2.23. The summed E-state index contributed by atoms with van der Waals surface area (Å²) in [4.78, 5) is 0.909. The van der Waals surface area contributed by atoms with Crippen LogP contribution in [0.1, 0.15) is 11.1 Å². The number of halogens is 1. The third-order valence-corrected chi connectivity index (χ3v) is 3.97. The largest absolute Gasteiger partial charge is 0.391 e. The highest BCUT2D eigenvalue weighted by Crippen LogP contribution is 2.29. The summed E-state index contributed by atoms with van der Waals surface area (Å²) in [5.74, 6) is 5.35. The molecule has 0 aliphatic heterocycles. The number of hydrogen-bond acceptors (Lipinski definition) is 3. The molecule has 0 spiro atoms. The van der Waals surface area contributed by atoms with Crippen LogP contribution in [0.2, 0.25) is 0 Å². The van der Waals surface area contributed by atoms with Gasteiger partial charge in [-0.25, -0.2) is 4.39 Å². The lowest BCUT2D eigenvalue weighted by Gasteiger charge is -2.24. The van der Waals surface area contributed by atoms with Crippen molar-refractivity contribution in [2.45, 2.75) is 5.60 Å². The average molecular weight is 344 g/mol. The van der Waals surface area contributed by atoms with Crippen LogP contribution in [0.25, 0.3) is 0 Å². The molecule has 1 atom stereocenters. The molecule has 0 heterocycles. The van der Waals surface area contributed by atoms with Crippen molar-refractivity contribution in [1.82, 2.24) is 0 Å². The fraction of sp³-hybridized carbons (Fsp3) is 0.300. The zero-order valence-corrected chi connectivity index (χ0v) is 14.0. The van der Waals surface area contributed by atoms with Crippen LogP contribution in [-0.2, 0) is 5.60 Å². The van der Waals surface area contributed by atoms with Gasteiger partial charge in [0.1, 0.15) is 25.5 Å². The van der Waals surface area contributed by atoms with Crippen LogP contribution < -0.4 is 4.90 Å². The molecule has 0 fully saturated rings. The molecule has 4 N–H and O–H groups in total. The third kappa shape index (κ3) is 5.12. The molecular weight excluding hydrogens is 321 g/mol. The maximum absolute atomic E-state index is 13.6. The van der Waals surface area contributed by atoms with E-state index in [1.807, 2.05) is 6.07 Å². The van der Waals surface area contributed by atoms with Crippen molar-refractivity contribution in [1.29, 1.82) is 0 Å². The topological polar surface area (TPSA) is 65.1 Å². The molecule has 4 nitrogen and oxygen atoms in total. The van der Waals surface area contributed by atoms with E-state index in [1.165, 1.54) is 18.2 Å². The van der Waals surface area contributed by atoms with Gasteiger partial charge in [-0.15, -0.1) is 0 Å². The number of aliphatic hydroxyl groups is 3. The number of quaternary nitrogens is 1. The smallest absolute Gasteiger partial charge is 0.177 e. The summed E-state index contributed by atoms with van der Waals surface area (Å²) in [6, 6.07) is 14.7. The van der Waals surface area contributed by atoms with Crippen molar-refractivity contribution in [3.63, 3.8) is 0 Å². The van der Waals surface area contributed by atoms with Gasteiger partial charge in [-0.05, 0) is 18.1 Å². The standard InChI is InChI=1S/C20H22FNO3/c21-19-9-4-8-18(16-19)20(25,17-6-2-1-3-7-17)10-5-11-22(12-14-23)13-15-24/h1-4,6-9,16,23-25H,11-15H2/p+1. The molecule has 2 rings (SSSR count). The van der Waals surface area contributed by atoms with Crippen molar-refractivity contribution in [2.24, 2.45) is 0 Å². The summed E-state index contributed by atoms with van der Waals surface area (Å²) < 4.78 is 13.6. The number of nitrogens with one attached hydrogen (secondary N) is 1. The van der Waals surface area contributed by atoms with Gasteiger partial charge in [-0.2, -0.15) is 0 Å². The molecule has 0 aliphatic carbocycles. The maximum Gasteiger partial charge on any atom is 0.177 e. The average Bonchev–Trinajstić information content (AvgIpc) is 2.62. The fourth-order valence-corrected chi connectivity index (χ4v) is 2.62. The SMILES string of the molecule is OCC[NH+](CC#CC(O)(c1ccccc1)c1cccc(F)c1)CCO. The van der Waals surface area contributed by atoms with Gasteiger partial charge in [-0.1, -0.05) is 48.4 Å².